The van der Waals surface area contributed by atoms with Crippen LogP contribution in [0.5, 0.6) is 0 Å². The normalized spacial score (nSPS) is 10.0. The zero-order valence-corrected chi connectivity index (χ0v) is 10.9. The van der Waals surface area contributed by atoms with E-state index in [1.165, 1.54) is 18.2 Å². The zero-order chi connectivity index (χ0) is 16.3. The number of hydrogen-bond donors (Lipinski definition) is 1. The molecule has 1 N–H and O–H groups in total. The van der Waals surface area contributed by atoms with Crippen molar-refractivity contribution < 1.29 is 19.0 Å². The Morgan fingerprint density at radius 1 is 1.00 bits per heavy atom. The summed E-state index contributed by atoms with van der Waals surface area (Å²) in [5.41, 5.74) is -1.50. The Morgan fingerprint density at radius 3 is 2.27 bits per heavy atom. The fraction of sp³-hybridized carbons (Fsp3) is 0. The average molecular weight is 305 g/mol. The highest BCUT2D eigenvalue weighted by molar-refractivity contribution is 6.04. The molecule has 0 atom stereocenters. The van der Waals surface area contributed by atoms with Crippen molar-refractivity contribution in [2.45, 2.75) is 0 Å². The molecule has 0 aliphatic heterocycles. The molecule has 2 aromatic rings. The molecule has 112 valence electrons. The second-order valence-electron chi connectivity index (χ2n) is 4.18. The molecule has 0 unspecified atom stereocenters. The summed E-state index contributed by atoms with van der Waals surface area (Å²) in [6.45, 7) is 0. The fourth-order valence-corrected chi connectivity index (χ4v) is 1.73. The van der Waals surface area contributed by atoms with Gasteiger partial charge >= 0.3 is 11.4 Å². The number of nitro groups is 2. The van der Waals surface area contributed by atoms with E-state index in [9.17, 15) is 29.4 Å². The molecule has 0 bridgehead atoms. The Hall–Kier alpha value is -3.36. The van der Waals surface area contributed by atoms with Gasteiger partial charge in [0.15, 0.2) is 0 Å². The first-order valence-corrected chi connectivity index (χ1v) is 5.88. The number of rotatable bonds is 4. The highest BCUT2D eigenvalue weighted by Gasteiger charge is 2.25. The highest BCUT2D eigenvalue weighted by atomic mass is 19.1. The smallest absolute Gasteiger partial charge is 0.322 e. The minimum absolute atomic E-state index is 0.151. The van der Waals surface area contributed by atoms with Crippen LogP contribution in [-0.4, -0.2) is 15.8 Å². The van der Waals surface area contributed by atoms with E-state index in [2.05, 4.69) is 5.32 Å². The molecule has 0 aliphatic carbocycles. The molecule has 0 fully saturated rings. The summed E-state index contributed by atoms with van der Waals surface area (Å²) in [5.74, 6) is -1.31. The van der Waals surface area contributed by atoms with Crippen molar-refractivity contribution in [2.24, 2.45) is 0 Å². The zero-order valence-electron chi connectivity index (χ0n) is 10.9. The summed E-state index contributed by atoms with van der Waals surface area (Å²) < 4.78 is 13.0. The highest BCUT2D eigenvalue weighted by Crippen LogP contribution is 2.27. The van der Waals surface area contributed by atoms with Gasteiger partial charge in [0.2, 0.25) is 0 Å². The van der Waals surface area contributed by atoms with Gasteiger partial charge in [-0.05, 0) is 24.3 Å². The number of carbonyl (C=O) groups excluding carboxylic acids is 1. The monoisotopic (exact) mass is 305 g/mol. The molecule has 1 amide bonds. The maximum absolute atomic E-state index is 13.0. The van der Waals surface area contributed by atoms with E-state index in [1.807, 2.05) is 0 Å². The number of amides is 1. The predicted octanol–water partition coefficient (Wildman–Crippen LogP) is 2.89. The number of carbonyl (C=O) groups is 1. The number of anilines is 1. The SMILES string of the molecule is O=C(Nc1cccc(F)c1)c1ccc([N+](=O)[O-])c([N+](=O)[O-])c1. The lowest BCUT2D eigenvalue weighted by molar-refractivity contribution is -0.422. The first-order valence-electron chi connectivity index (χ1n) is 5.88. The summed E-state index contributed by atoms with van der Waals surface area (Å²) in [5, 5.41) is 23.9. The standard InChI is InChI=1S/C13H8FN3O5/c14-9-2-1-3-10(7-9)15-13(18)8-4-5-11(16(19)20)12(6-8)17(21)22/h1-7H,(H,15,18). The van der Waals surface area contributed by atoms with Gasteiger partial charge in [-0.3, -0.25) is 25.0 Å². The molecule has 0 aliphatic rings. The van der Waals surface area contributed by atoms with Crippen LogP contribution in [0.25, 0.3) is 0 Å². The largest absolute Gasteiger partial charge is 0.346 e. The third-order valence-corrected chi connectivity index (χ3v) is 2.71. The van der Waals surface area contributed by atoms with Crippen LogP contribution in [0.2, 0.25) is 0 Å². The van der Waals surface area contributed by atoms with Gasteiger partial charge in [-0.15, -0.1) is 0 Å². The van der Waals surface area contributed by atoms with E-state index in [0.29, 0.717) is 0 Å². The van der Waals surface area contributed by atoms with Crippen LogP contribution >= 0.6 is 0 Å². The van der Waals surface area contributed by atoms with Crippen molar-refractivity contribution >= 4 is 23.0 Å². The van der Waals surface area contributed by atoms with Gasteiger partial charge in [0.1, 0.15) is 5.82 Å². The van der Waals surface area contributed by atoms with Gasteiger partial charge in [0, 0.05) is 23.4 Å². The van der Waals surface area contributed by atoms with Gasteiger partial charge in [-0.1, -0.05) is 6.07 Å². The minimum Gasteiger partial charge on any atom is -0.322 e. The Balaban J connectivity index is 2.32. The molecule has 2 rings (SSSR count). The minimum atomic E-state index is -0.947. The lowest BCUT2D eigenvalue weighted by Crippen LogP contribution is -2.12. The third-order valence-electron chi connectivity index (χ3n) is 2.71. The quantitative estimate of drug-likeness (QED) is 0.688. The van der Waals surface area contributed by atoms with Crippen LogP contribution < -0.4 is 5.32 Å². The predicted molar refractivity (Wildman–Crippen MR) is 74.1 cm³/mol. The molecule has 0 heterocycles. The van der Waals surface area contributed by atoms with Crippen LogP contribution in [-0.2, 0) is 0 Å². The first-order chi connectivity index (χ1) is 10.4. The second kappa shape index (κ2) is 5.95. The summed E-state index contributed by atoms with van der Waals surface area (Å²) >= 11 is 0. The molecule has 0 saturated carbocycles. The van der Waals surface area contributed by atoms with Crippen molar-refractivity contribution in [1.82, 2.24) is 0 Å². The maximum atomic E-state index is 13.0. The molecule has 2 aromatic carbocycles. The Labute approximate surface area is 122 Å². The number of nitrogens with zero attached hydrogens (tertiary/aromatic N) is 2. The number of hydrogen-bond acceptors (Lipinski definition) is 5. The van der Waals surface area contributed by atoms with Crippen molar-refractivity contribution in [3.8, 4) is 0 Å². The Kier molecular flexibility index (Phi) is 4.07. The number of nitrogens with one attached hydrogen (secondary N) is 1. The number of benzene rings is 2. The molecule has 0 saturated heterocycles. The summed E-state index contributed by atoms with van der Waals surface area (Å²) in [4.78, 5) is 31.6. The molecule has 9 heteroatoms. The summed E-state index contributed by atoms with van der Waals surface area (Å²) in [7, 11) is 0. The molecule has 8 nitrogen and oxygen atoms in total. The van der Waals surface area contributed by atoms with E-state index >= 15 is 0 Å². The van der Waals surface area contributed by atoms with Gasteiger partial charge in [-0.25, -0.2) is 4.39 Å². The third kappa shape index (κ3) is 3.20. The van der Waals surface area contributed by atoms with Crippen molar-refractivity contribution in [3.05, 3.63) is 74.1 Å². The van der Waals surface area contributed by atoms with Crippen LogP contribution in [0.1, 0.15) is 10.4 Å². The topological polar surface area (TPSA) is 115 Å². The van der Waals surface area contributed by atoms with Gasteiger partial charge < -0.3 is 5.32 Å². The molecule has 22 heavy (non-hydrogen) atoms. The van der Waals surface area contributed by atoms with Gasteiger partial charge in [-0.2, -0.15) is 0 Å². The lowest BCUT2D eigenvalue weighted by Gasteiger charge is -2.05. The molecular weight excluding hydrogens is 297 g/mol. The van der Waals surface area contributed by atoms with Gasteiger partial charge in [0.05, 0.1) is 9.85 Å². The van der Waals surface area contributed by atoms with E-state index in [0.717, 1.165) is 24.3 Å². The van der Waals surface area contributed by atoms with E-state index < -0.39 is 32.9 Å². The fourth-order valence-electron chi connectivity index (χ4n) is 1.73. The second-order valence-corrected chi connectivity index (χ2v) is 4.18. The molecular formula is C13H8FN3O5. The number of nitro benzene ring substituents is 2. The van der Waals surface area contributed by atoms with Gasteiger partial charge in [0.25, 0.3) is 5.91 Å². The maximum Gasteiger partial charge on any atom is 0.346 e. The number of halogens is 1. The van der Waals surface area contributed by atoms with Crippen LogP contribution in [0.4, 0.5) is 21.5 Å². The van der Waals surface area contributed by atoms with E-state index in [4.69, 9.17) is 0 Å². The van der Waals surface area contributed by atoms with Crippen molar-refractivity contribution in [2.75, 3.05) is 5.32 Å². The molecule has 0 radical (unpaired) electrons. The van der Waals surface area contributed by atoms with E-state index in [-0.39, 0.29) is 11.3 Å². The van der Waals surface area contributed by atoms with Crippen LogP contribution in [0.3, 0.4) is 0 Å². The van der Waals surface area contributed by atoms with Crippen molar-refractivity contribution in [3.63, 3.8) is 0 Å². The summed E-state index contributed by atoms with van der Waals surface area (Å²) in [6.07, 6.45) is 0. The van der Waals surface area contributed by atoms with Crippen LogP contribution in [0, 0.1) is 26.0 Å². The van der Waals surface area contributed by atoms with E-state index in [1.54, 1.807) is 0 Å². The first kappa shape index (κ1) is 15.0. The van der Waals surface area contributed by atoms with Crippen LogP contribution in [0.15, 0.2) is 42.5 Å². The Morgan fingerprint density at radius 2 is 1.68 bits per heavy atom. The Bertz CT molecular complexity index is 778. The average Bonchev–Trinajstić information content (AvgIpc) is 2.46. The summed E-state index contributed by atoms with van der Waals surface area (Å²) in [6, 6.07) is 7.82. The lowest BCUT2D eigenvalue weighted by atomic mass is 10.1. The van der Waals surface area contributed by atoms with Crippen molar-refractivity contribution in [1.29, 1.82) is 0 Å². The molecule has 0 aromatic heterocycles. The molecule has 0 spiro atoms.